The Hall–Kier alpha value is -2.47. The number of hydrogen-bond acceptors (Lipinski definition) is 6. The summed E-state index contributed by atoms with van der Waals surface area (Å²) in [5.41, 5.74) is 6.62. The van der Waals surface area contributed by atoms with Crippen molar-refractivity contribution in [3.05, 3.63) is 47.8 Å². The monoisotopic (exact) mass is 311 g/mol. The zero-order chi connectivity index (χ0) is 15.8. The van der Waals surface area contributed by atoms with Crippen LogP contribution in [0.5, 0.6) is 0 Å². The first kappa shape index (κ1) is 14.1. The van der Waals surface area contributed by atoms with E-state index in [4.69, 9.17) is 5.73 Å². The number of rotatable bonds is 3. The molecule has 2 aromatic rings. The van der Waals surface area contributed by atoms with Gasteiger partial charge in [0.05, 0.1) is 5.56 Å². The third-order valence-corrected chi connectivity index (χ3v) is 4.59. The number of ketones is 1. The summed E-state index contributed by atoms with van der Waals surface area (Å²) in [7, 11) is 0. The number of pyridine rings is 2. The quantitative estimate of drug-likeness (QED) is 0.835. The number of nitrogen functional groups attached to an aromatic ring is 1. The molecule has 6 heteroatoms. The Labute approximate surface area is 136 Å². The van der Waals surface area contributed by atoms with Crippen LogP contribution in [0.1, 0.15) is 30.3 Å². The molecule has 0 saturated carbocycles. The predicted octanol–water partition coefficient (Wildman–Crippen LogP) is 1.48. The normalized spacial score (nSPS) is 23.0. The standard InChI is InChI=1S/C17H19N5O.H2/c18-17-13(3-2-8-19-17)16(23)14-4-1-5-15(21-14)22-9-11-6-7-12(10-22)20-11;/h1-5,8,11-12,20H,6-7,9-10H2,(H2,18,19);1H. The molecule has 0 aliphatic carbocycles. The van der Waals surface area contributed by atoms with Gasteiger partial charge >= 0.3 is 0 Å². The molecule has 6 nitrogen and oxygen atoms in total. The molecule has 120 valence electrons. The Balaban J connectivity index is 0.00000169. The summed E-state index contributed by atoms with van der Waals surface area (Å²) in [5.74, 6) is 0.914. The maximum Gasteiger partial charge on any atom is 0.215 e. The summed E-state index contributed by atoms with van der Waals surface area (Å²) in [4.78, 5) is 23.4. The van der Waals surface area contributed by atoms with E-state index in [1.165, 1.54) is 12.8 Å². The van der Waals surface area contributed by atoms with Crippen molar-refractivity contribution >= 4 is 17.4 Å². The van der Waals surface area contributed by atoms with Gasteiger partial charge in [0.1, 0.15) is 17.3 Å². The number of carbonyl (C=O) groups excluding carboxylic acids is 1. The van der Waals surface area contributed by atoms with E-state index < -0.39 is 0 Å². The van der Waals surface area contributed by atoms with E-state index in [9.17, 15) is 4.79 Å². The smallest absolute Gasteiger partial charge is 0.215 e. The van der Waals surface area contributed by atoms with E-state index in [1.807, 2.05) is 12.1 Å². The molecule has 4 heterocycles. The number of carbonyl (C=O) groups is 1. The van der Waals surface area contributed by atoms with Crippen LogP contribution in [0, 0.1) is 0 Å². The molecule has 0 radical (unpaired) electrons. The van der Waals surface area contributed by atoms with Gasteiger partial charge in [-0.25, -0.2) is 9.97 Å². The zero-order valence-electron chi connectivity index (χ0n) is 12.8. The molecule has 0 amide bonds. The third-order valence-electron chi connectivity index (χ3n) is 4.59. The van der Waals surface area contributed by atoms with Gasteiger partial charge in [-0.2, -0.15) is 0 Å². The van der Waals surface area contributed by atoms with E-state index in [1.54, 1.807) is 24.4 Å². The number of fused-ring (bicyclic) bond motifs is 2. The molecule has 0 spiro atoms. The van der Waals surface area contributed by atoms with Crippen molar-refractivity contribution in [3.8, 4) is 0 Å². The summed E-state index contributed by atoms with van der Waals surface area (Å²) in [6, 6.07) is 10.0. The van der Waals surface area contributed by atoms with Crippen molar-refractivity contribution in [2.75, 3.05) is 23.7 Å². The van der Waals surface area contributed by atoms with Crippen LogP contribution in [-0.2, 0) is 0 Å². The first-order valence-corrected chi connectivity index (χ1v) is 7.94. The van der Waals surface area contributed by atoms with Crippen molar-refractivity contribution in [2.45, 2.75) is 24.9 Å². The highest BCUT2D eigenvalue weighted by molar-refractivity contribution is 6.10. The van der Waals surface area contributed by atoms with Gasteiger partial charge in [-0.15, -0.1) is 0 Å². The van der Waals surface area contributed by atoms with Crippen LogP contribution in [0.15, 0.2) is 36.5 Å². The Bertz CT molecular complexity index is 741. The minimum absolute atomic E-state index is 0. The Kier molecular flexibility index (Phi) is 3.46. The predicted molar refractivity (Wildman–Crippen MR) is 90.6 cm³/mol. The SMILES string of the molecule is Nc1ncccc1C(=O)c1cccc(N2CC3CCC(C2)N3)n1.[HH]. The molecule has 2 saturated heterocycles. The number of nitrogens with zero attached hydrogens (tertiary/aromatic N) is 3. The highest BCUT2D eigenvalue weighted by atomic mass is 16.1. The lowest BCUT2D eigenvalue weighted by atomic mass is 10.1. The summed E-state index contributed by atoms with van der Waals surface area (Å²) in [6.07, 6.45) is 4.00. The third kappa shape index (κ3) is 2.66. The highest BCUT2D eigenvalue weighted by Crippen LogP contribution is 2.24. The Morgan fingerprint density at radius 1 is 1.22 bits per heavy atom. The number of piperazine rings is 1. The Morgan fingerprint density at radius 3 is 2.74 bits per heavy atom. The van der Waals surface area contributed by atoms with Crippen LogP contribution < -0.4 is 16.0 Å². The fourth-order valence-corrected chi connectivity index (χ4v) is 3.46. The van der Waals surface area contributed by atoms with Gasteiger partial charge in [-0.3, -0.25) is 4.79 Å². The lowest BCUT2D eigenvalue weighted by Crippen LogP contribution is -2.51. The van der Waals surface area contributed by atoms with E-state index in [0.717, 1.165) is 18.9 Å². The molecular formula is C17H21N5O. The fraction of sp³-hybridized carbons (Fsp3) is 0.353. The molecule has 2 fully saturated rings. The summed E-state index contributed by atoms with van der Waals surface area (Å²) in [6.45, 7) is 1.88. The van der Waals surface area contributed by atoms with Crippen molar-refractivity contribution in [1.82, 2.24) is 15.3 Å². The topological polar surface area (TPSA) is 84.1 Å². The van der Waals surface area contributed by atoms with E-state index >= 15 is 0 Å². The lowest BCUT2D eigenvalue weighted by molar-refractivity contribution is 0.103. The summed E-state index contributed by atoms with van der Waals surface area (Å²) < 4.78 is 0. The molecule has 2 aromatic heterocycles. The van der Waals surface area contributed by atoms with Gasteiger partial charge in [0.2, 0.25) is 5.78 Å². The molecule has 2 atom stereocenters. The Morgan fingerprint density at radius 2 is 2.00 bits per heavy atom. The fourth-order valence-electron chi connectivity index (χ4n) is 3.46. The largest absolute Gasteiger partial charge is 0.383 e. The van der Waals surface area contributed by atoms with Crippen molar-refractivity contribution in [3.63, 3.8) is 0 Å². The van der Waals surface area contributed by atoms with Gasteiger partial charge in [0.25, 0.3) is 0 Å². The molecule has 2 aliphatic heterocycles. The van der Waals surface area contributed by atoms with Crippen LogP contribution in [-0.4, -0.2) is 40.9 Å². The van der Waals surface area contributed by atoms with Gasteiger partial charge < -0.3 is 16.0 Å². The lowest BCUT2D eigenvalue weighted by Gasteiger charge is -2.33. The highest BCUT2D eigenvalue weighted by Gasteiger charge is 2.32. The summed E-state index contributed by atoms with van der Waals surface area (Å²) in [5, 5.41) is 3.60. The maximum absolute atomic E-state index is 12.6. The van der Waals surface area contributed by atoms with Crippen LogP contribution in [0.4, 0.5) is 11.6 Å². The van der Waals surface area contributed by atoms with Crippen LogP contribution in [0.25, 0.3) is 0 Å². The number of aromatic nitrogens is 2. The van der Waals surface area contributed by atoms with Gasteiger partial charge in [-0.05, 0) is 37.1 Å². The second-order valence-corrected chi connectivity index (χ2v) is 6.19. The number of nitrogens with two attached hydrogens (primary N) is 1. The van der Waals surface area contributed by atoms with E-state index in [0.29, 0.717) is 23.3 Å². The number of anilines is 2. The van der Waals surface area contributed by atoms with Crippen LogP contribution in [0.3, 0.4) is 0 Å². The van der Waals surface area contributed by atoms with Crippen LogP contribution >= 0.6 is 0 Å². The van der Waals surface area contributed by atoms with E-state index in [-0.39, 0.29) is 13.0 Å². The van der Waals surface area contributed by atoms with Crippen molar-refractivity contribution in [1.29, 1.82) is 0 Å². The molecule has 2 bridgehead atoms. The average Bonchev–Trinajstić information content (AvgIpc) is 2.93. The van der Waals surface area contributed by atoms with E-state index in [2.05, 4.69) is 20.2 Å². The molecule has 4 rings (SSSR count). The molecular weight excluding hydrogens is 290 g/mol. The average molecular weight is 311 g/mol. The van der Waals surface area contributed by atoms with Gasteiger partial charge in [-0.1, -0.05) is 6.07 Å². The second-order valence-electron chi connectivity index (χ2n) is 6.19. The molecule has 3 N–H and O–H groups in total. The number of nitrogens with one attached hydrogen (secondary N) is 1. The molecule has 2 unspecified atom stereocenters. The molecule has 2 aliphatic rings. The number of hydrogen-bond donors (Lipinski definition) is 2. The first-order chi connectivity index (χ1) is 11.2. The first-order valence-electron chi connectivity index (χ1n) is 7.94. The minimum Gasteiger partial charge on any atom is -0.383 e. The maximum atomic E-state index is 12.6. The molecule has 0 aromatic carbocycles. The second kappa shape index (κ2) is 5.62. The molecule has 23 heavy (non-hydrogen) atoms. The van der Waals surface area contributed by atoms with Gasteiger partial charge in [0, 0.05) is 32.8 Å². The van der Waals surface area contributed by atoms with Gasteiger partial charge in [0.15, 0.2) is 0 Å². The zero-order valence-corrected chi connectivity index (χ0v) is 12.8. The minimum atomic E-state index is -0.185. The summed E-state index contributed by atoms with van der Waals surface area (Å²) >= 11 is 0. The van der Waals surface area contributed by atoms with Crippen molar-refractivity contribution < 1.29 is 6.22 Å². The van der Waals surface area contributed by atoms with Crippen LogP contribution in [0.2, 0.25) is 0 Å². The van der Waals surface area contributed by atoms with Crippen molar-refractivity contribution in [2.24, 2.45) is 0 Å².